The maximum absolute atomic E-state index is 10.9. The van der Waals surface area contributed by atoms with E-state index < -0.39 is 5.97 Å². The standard InChI is InChI=1S/C15H15N3O2/c1-10-6-7-11-4-2-3-5-13(11)18(10)15-16-8-12(9-17-15)14(19)20/h2-5,8-10H,6-7H2,1H3,(H,19,20). The highest BCUT2D eigenvalue weighted by molar-refractivity contribution is 5.86. The van der Waals surface area contributed by atoms with Crippen molar-refractivity contribution in [2.75, 3.05) is 4.90 Å². The first-order valence-corrected chi connectivity index (χ1v) is 6.59. The molecule has 1 atom stereocenters. The van der Waals surface area contributed by atoms with Crippen molar-refractivity contribution < 1.29 is 9.90 Å². The topological polar surface area (TPSA) is 66.3 Å². The van der Waals surface area contributed by atoms with E-state index in [4.69, 9.17) is 5.11 Å². The third kappa shape index (κ3) is 2.11. The number of carboxylic acid groups (broad SMARTS) is 1. The fourth-order valence-corrected chi connectivity index (χ4v) is 2.55. The zero-order chi connectivity index (χ0) is 14.1. The van der Waals surface area contributed by atoms with Crippen LogP contribution in [-0.2, 0) is 6.42 Å². The first kappa shape index (κ1) is 12.6. The SMILES string of the molecule is CC1CCc2ccccc2N1c1ncc(C(=O)O)cn1. The molecule has 1 N–H and O–H groups in total. The molecule has 1 aliphatic heterocycles. The summed E-state index contributed by atoms with van der Waals surface area (Å²) in [7, 11) is 0. The number of aromatic carboxylic acids is 1. The molecule has 0 amide bonds. The number of benzene rings is 1. The molecule has 1 aromatic heterocycles. The van der Waals surface area contributed by atoms with Crippen molar-refractivity contribution in [2.45, 2.75) is 25.8 Å². The molecule has 0 saturated heterocycles. The van der Waals surface area contributed by atoms with Crippen molar-refractivity contribution in [3.05, 3.63) is 47.8 Å². The molecule has 0 saturated carbocycles. The van der Waals surface area contributed by atoms with Gasteiger partial charge < -0.3 is 10.0 Å². The number of aromatic nitrogens is 2. The van der Waals surface area contributed by atoms with Crippen LogP contribution in [0.4, 0.5) is 11.6 Å². The van der Waals surface area contributed by atoms with Crippen molar-refractivity contribution in [2.24, 2.45) is 0 Å². The maximum Gasteiger partial charge on any atom is 0.338 e. The number of hydrogen-bond donors (Lipinski definition) is 1. The molecular weight excluding hydrogens is 254 g/mol. The van der Waals surface area contributed by atoms with Crippen LogP contribution >= 0.6 is 0 Å². The smallest absolute Gasteiger partial charge is 0.338 e. The Labute approximate surface area is 116 Å². The van der Waals surface area contributed by atoms with Crippen LogP contribution in [0.3, 0.4) is 0 Å². The molecule has 2 heterocycles. The Morgan fingerprint density at radius 1 is 1.30 bits per heavy atom. The number of carbonyl (C=O) groups is 1. The molecule has 5 heteroatoms. The van der Waals surface area contributed by atoms with Crippen molar-refractivity contribution in [1.82, 2.24) is 9.97 Å². The first-order valence-electron chi connectivity index (χ1n) is 6.59. The lowest BCUT2D eigenvalue weighted by Gasteiger charge is -2.35. The summed E-state index contributed by atoms with van der Waals surface area (Å²) in [5.41, 5.74) is 2.48. The minimum atomic E-state index is -1.01. The zero-order valence-electron chi connectivity index (χ0n) is 11.2. The lowest BCUT2D eigenvalue weighted by molar-refractivity contribution is 0.0696. The van der Waals surface area contributed by atoms with Crippen molar-refractivity contribution in [1.29, 1.82) is 0 Å². The van der Waals surface area contributed by atoms with Gasteiger partial charge in [0.05, 0.1) is 5.56 Å². The van der Waals surface area contributed by atoms with Crippen LogP contribution in [0.2, 0.25) is 0 Å². The molecule has 1 aliphatic rings. The van der Waals surface area contributed by atoms with Gasteiger partial charge in [-0.3, -0.25) is 0 Å². The molecule has 0 fully saturated rings. The summed E-state index contributed by atoms with van der Waals surface area (Å²) in [6.07, 6.45) is 4.78. The number of anilines is 2. The van der Waals surface area contributed by atoms with E-state index in [0.717, 1.165) is 18.5 Å². The summed E-state index contributed by atoms with van der Waals surface area (Å²) in [6, 6.07) is 8.48. The second-order valence-electron chi connectivity index (χ2n) is 4.96. The van der Waals surface area contributed by atoms with Crippen LogP contribution in [-0.4, -0.2) is 27.1 Å². The van der Waals surface area contributed by atoms with Gasteiger partial charge in [0.25, 0.3) is 0 Å². The van der Waals surface area contributed by atoms with Gasteiger partial charge in [0.15, 0.2) is 0 Å². The monoisotopic (exact) mass is 269 g/mol. The predicted octanol–water partition coefficient (Wildman–Crippen LogP) is 2.65. The fourth-order valence-electron chi connectivity index (χ4n) is 2.55. The summed E-state index contributed by atoms with van der Waals surface area (Å²) in [6.45, 7) is 2.13. The molecule has 2 aromatic rings. The summed E-state index contributed by atoms with van der Waals surface area (Å²) < 4.78 is 0. The van der Waals surface area contributed by atoms with E-state index in [1.165, 1.54) is 18.0 Å². The van der Waals surface area contributed by atoms with Crippen molar-refractivity contribution in [3.8, 4) is 0 Å². The molecule has 1 aromatic carbocycles. The molecular formula is C15H15N3O2. The van der Waals surface area contributed by atoms with Gasteiger partial charge >= 0.3 is 5.97 Å². The lowest BCUT2D eigenvalue weighted by Crippen LogP contribution is -2.34. The van der Waals surface area contributed by atoms with Crippen LogP contribution in [0.15, 0.2) is 36.7 Å². The van der Waals surface area contributed by atoms with Gasteiger partial charge in [-0.15, -0.1) is 0 Å². The van der Waals surface area contributed by atoms with Crippen LogP contribution in [0.25, 0.3) is 0 Å². The molecule has 5 nitrogen and oxygen atoms in total. The largest absolute Gasteiger partial charge is 0.478 e. The average molecular weight is 269 g/mol. The van der Waals surface area contributed by atoms with Gasteiger partial charge in [-0.2, -0.15) is 0 Å². The zero-order valence-corrected chi connectivity index (χ0v) is 11.2. The second-order valence-corrected chi connectivity index (χ2v) is 4.96. The summed E-state index contributed by atoms with van der Waals surface area (Å²) >= 11 is 0. The van der Waals surface area contributed by atoms with Gasteiger partial charge in [0.1, 0.15) is 0 Å². The van der Waals surface area contributed by atoms with Crippen molar-refractivity contribution >= 4 is 17.6 Å². The van der Waals surface area contributed by atoms with Crippen molar-refractivity contribution in [3.63, 3.8) is 0 Å². The number of para-hydroxylation sites is 1. The normalized spacial score (nSPS) is 17.6. The van der Waals surface area contributed by atoms with E-state index in [9.17, 15) is 4.79 Å². The predicted molar refractivity (Wildman–Crippen MR) is 75.4 cm³/mol. The molecule has 0 aliphatic carbocycles. The third-order valence-electron chi connectivity index (χ3n) is 3.62. The fraction of sp³-hybridized carbons (Fsp3) is 0.267. The number of carboxylic acids is 1. The Balaban J connectivity index is 2.02. The molecule has 0 bridgehead atoms. The van der Waals surface area contributed by atoms with E-state index in [1.54, 1.807) is 0 Å². The molecule has 0 spiro atoms. The lowest BCUT2D eigenvalue weighted by atomic mass is 9.97. The quantitative estimate of drug-likeness (QED) is 0.907. The maximum atomic E-state index is 10.9. The van der Waals surface area contributed by atoms with E-state index in [2.05, 4.69) is 33.9 Å². The molecule has 20 heavy (non-hydrogen) atoms. The van der Waals surface area contributed by atoms with Crippen LogP contribution in [0, 0.1) is 0 Å². The average Bonchev–Trinajstić information content (AvgIpc) is 2.47. The summed E-state index contributed by atoms with van der Waals surface area (Å²) in [5.74, 6) is -0.460. The highest BCUT2D eigenvalue weighted by atomic mass is 16.4. The summed E-state index contributed by atoms with van der Waals surface area (Å²) in [4.78, 5) is 21.3. The molecule has 3 rings (SSSR count). The Morgan fingerprint density at radius 2 is 2.00 bits per heavy atom. The number of fused-ring (bicyclic) bond motifs is 1. The van der Waals surface area contributed by atoms with E-state index in [1.807, 2.05) is 12.1 Å². The summed E-state index contributed by atoms with van der Waals surface area (Å²) in [5, 5.41) is 8.90. The van der Waals surface area contributed by atoms with Gasteiger partial charge in [-0.25, -0.2) is 14.8 Å². The second kappa shape index (κ2) is 4.92. The minimum Gasteiger partial charge on any atom is -0.478 e. The number of hydrogen-bond acceptors (Lipinski definition) is 4. The number of aryl methyl sites for hydroxylation is 1. The van der Waals surface area contributed by atoms with Crippen LogP contribution < -0.4 is 4.90 Å². The van der Waals surface area contributed by atoms with Crippen LogP contribution in [0.1, 0.15) is 29.3 Å². The Hall–Kier alpha value is -2.43. The van der Waals surface area contributed by atoms with Gasteiger partial charge in [0, 0.05) is 24.1 Å². The molecule has 0 radical (unpaired) electrons. The van der Waals surface area contributed by atoms with E-state index in [0.29, 0.717) is 12.0 Å². The highest BCUT2D eigenvalue weighted by Crippen LogP contribution is 2.34. The highest BCUT2D eigenvalue weighted by Gasteiger charge is 2.25. The third-order valence-corrected chi connectivity index (χ3v) is 3.62. The minimum absolute atomic E-state index is 0.103. The Bertz CT molecular complexity index is 640. The van der Waals surface area contributed by atoms with Gasteiger partial charge in [0.2, 0.25) is 5.95 Å². The number of nitrogens with zero attached hydrogens (tertiary/aromatic N) is 3. The number of rotatable bonds is 2. The van der Waals surface area contributed by atoms with Gasteiger partial charge in [-0.1, -0.05) is 18.2 Å². The van der Waals surface area contributed by atoms with Gasteiger partial charge in [-0.05, 0) is 31.4 Å². The molecule has 102 valence electrons. The molecule has 1 unspecified atom stereocenters. The Kier molecular flexibility index (Phi) is 3.10. The van der Waals surface area contributed by atoms with Crippen LogP contribution in [0.5, 0.6) is 0 Å². The Morgan fingerprint density at radius 3 is 2.70 bits per heavy atom. The van der Waals surface area contributed by atoms with E-state index >= 15 is 0 Å². The van der Waals surface area contributed by atoms with E-state index in [-0.39, 0.29) is 5.56 Å². The first-order chi connectivity index (χ1) is 9.66.